The number of aromatic nitrogens is 1. The number of hydrogen-bond donors (Lipinski definition) is 2. The van der Waals surface area contributed by atoms with E-state index in [4.69, 9.17) is 9.84 Å². The zero-order valence-corrected chi connectivity index (χ0v) is 10.4. The van der Waals surface area contributed by atoms with E-state index in [1.165, 1.54) is 6.20 Å². The lowest BCUT2D eigenvalue weighted by Gasteiger charge is -2.19. The second-order valence-corrected chi connectivity index (χ2v) is 4.56. The van der Waals surface area contributed by atoms with E-state index in [9.17, 15) is 4.79 Å². The number of carbonyl (C=O) groups is 1. The van der Waals surface area contributed by atoms with E-state index in [0.29, 0.717) is 6.54 Å². The van der Waals surface area contributed by atoms with Crippen LogP contribution < -0.4 is 5.32 Å². The number of carboxylic acid groups (broad SMARTS) is 1. The van der Waals surface area contributed by atoms with Crippen molar-refractivity contribution in [2.45, 2.75) is 38.5 Å². The number of pyridine rings is 1. The van der Waals surface area contributed by atoms with Crippen molar-refractivity contribution < 1.29 is 14.6 Å². The van der Waals surface area contributed by atoms with Crippen LogP contribution in [0.15, 0.2) is 18.3 Å². The number of nitrogens with zero attached hydrogens (tertiary/aromatic N) is 1. The van der Waals surface area contributed by atoms with Crippen molar-refractivity contribution in [2.75, 3.05) is 6.61 Å². The predicted octanol–water partition coefficient (Wildman–Crippen LogP) is 1.44. The third kappa shape index (κ3) is 3.27. The molecule has 0 aromatic carbocycles. The summed E-state index contributed by atoms with van der Waals surface area (Å²) in [4.78, 5) is 14.8. The van der Waals surface area contributed by atoms with Gasteiger partial charge >= 0.3 is 5.97 Å². The summed E-state index contributed by atoms with van der Waals surface area (Å²) in [5.74, 6) is -0.949. The molecule has 2 unspecified atom stereocenters. The zero-order chi connectivity index (χ0) is 13.0. The molecule has 1 aromatic rings. The second kappa shape index (κ2) is 5.93. The molecule has 2 atom stereocenters. The van der Waals surface area contributed by atoms with Crippen LogP contribution in [0.25, 0.3) is 0 Å². The summed E-state index contributed by atoms with van der Waals surface area (Å²) in [6.07, 6.45) is 3.89. The number of hydrogen-bond acceptors (Lipinski definition) is 4. The zero-order valence-electron chi connectivity index (χ0n) is 10.4. The molecule has 18 heavy (non-hydrogen) atoms. The Balaban J connectivity index is 1.84. The highest BCUT2D eigenvalue weighted by Crippen LogP contribution is 2.15. The van der Waals surface area contributed by atoms with Crippen molar-refractivity contribution in [1.82, 2.24) is 10.3 Å². The molecular weight excluding hydrogens is 232 g/mol. The van der Waals surface area contributed by atoms with Gasteiger partial charge in [-0.05, 0) is 31.9 Å². The van der Waals surface area contributed by atoms with Gasteiger partial charge in [0.2, 0.25) is 0 Å². The summed E-state index contributed by atoms with van der Waals surface area (Å²) in [6.45, 7) is 3.57. The van der Waals surface area contributed by atoms with Crippen molar-refractivity contribution in [3.8, 4) is 0 Å². The lowest BCUT2D eigenvalue weighted by Crippen LogP contribution is -2.36. The van der Waals surface area contributed by atoms with Crippen molar-refractivity contribution in [3.05, 3.63) is 29.6 Å². The molecule has 0 amide bonds. The summed E-state index contributed by atoms with van der Waals surface area (Å²) in [7, 11) is 0. The molecule has 1 aliphatic heterocycles. The molecule has 5 nitrogen and oxygen atoms in total. The van der Waals surface area contributed by atoms with Gasteiger partial charge in [-0.25, -0.2) is 4.79 Å². The molecule has 1 saturated heterocycles. The second-order valence-electron chi connectivity index (χ2n) is 4.56. The molecule has 1 aliphatic rings. The molecule has 0 aliphatic carbocycles. The minimum Gasteiger partial charge on any atom is -0.478 e. The SMILES string of the molecule is CC(NCc1ccc(C(=O)O)cn1)C1CCCO1. The van der Waals surface area contributed by atoms with Gasteiger partial charge in [-0.2, -0.15) is 0 Å². The fourth-order valence-electron chi connectivity index (χ4n) is 2.05. The van der Waals surface area contributed by atoms with Gasteiger partial charge in [0.05, 0.1) is 17.4 Å². The van der Waals surface area contributed by atoms with Gasteiger partial charge in [0.15, 0.2) is 0 Å². The van der Waals surface area contributed by atoms with Gasteiger partial charge in [-0.1, -0.05) is 0 Å². The molecule has 2 heterocycles. The Morgan fingerprint density at radius 1 is 1.67 bits per heavy atom. The normalized spacial score (nSPS) is 20.8. The minimum atomic E-state index is -0.949. The van der Waals surface area contributed by atoms with Crippen LogP contribution in [0.3, 0.4) is 0 Å². The van der Waals surface area contributed by atoms with E-state index in [1.54, 1.807) is 12.1 Å². The first-order valence-electron chi connectivity index (χ1n) is 6.20. The van der Waals surface area contributed by atoms with E-state index in [1.807, 2.05) is 0 Å². The van der Waals surface area contributed by atoms with Gasteiger partial charge < -0.3 is 15.2 Å². The Morgan fingerprint density at radius 3 is 3.06 bits per heavy atom. The Labute approximate surface area is 106 Å². The maximum Gasteiger partial charge on any atom is 0.337 e. The Kier molecular flexibility index (Phi) is 4.28. The van der Waals surface area contributed by atoms with Gasteiger partial charge in [-0.3, -0.25) is 4.98 Å². The van der Waals surface area contributed by atoms with Gasteiger partial charge in [0.25, 0.3) is 0 Å². The van der Waals surface area contributed by atoms with E-state index in [-0.39, 0.29) is 17.7 Å². The van der Waals surface area contributed by atoms with Crippen LogP contribution >= 0.6 is 0 Å². The Bertz CT molecular complexity index is 399. The summed E-state index contributed by atoms with van der Waals surface area (Å²) in [5.41, 5.74) is 1.05. The minimum absolute atomic E-state index is 0.214. The largest absolute Gasteiger partial charge is 0.478 e. The number of carboxylic acids is 1. The van der Waals surface area contributed by atoms with Crippen molar-refractivity contribution >= 4 is 5.97 Å². The summed E-state index contributed by atoms with van der Waals surface area (Å²) >= 11 is 0. The molecule has 1 aromatic heterocycles. The summed E-state index contributed by atoms with van der Waals surface area (Å²) < 4.78 is 5.59. The summed E-state index contributed by atoms with van der Waals surface area (Å²) in [6, 6.07) is 3.59. The highest BCUT2D eigenvalue weighted by molar-refractivity contribution is 5.87. The van der Waals surface area contributed by atoms with Crippen molar-refractivity contribution in [2.24, 2.45) is 0 Å². The van der Waals surface area contributed by atoms with Crippen LogP contribution in [0, 0.1) is 0 Å². The quantitative estimate of drug-likeness (QED) is 0.827. The predicted molar refractivity (Wildman–Crippen MR) is 66.5 cm³/mol. The Morgan fingerprint density at radius 2 is 2.50 bits per heavy atom. The number of nitrogens with one attached hydrogen (secondary N) is 1. The molecule has 5 heteroatoms. The molecular formula is C13H18N2O3. The molecule has 0 saturated carbocycles. The molecule has 0 bridgehead atoms. The maximum atomic E-state index is 10.7. The summed E-state index contributed by atoms with van der Waals surface area (Å²) in [5, 5.41) is 12.1. The molecule has 0 radical (unpaired) electrons. The standard InChI is InChI=1S/C13H18N2O3/c1-9(12-3-2-6-18-12)14-8-11-5-4-10(7-15-11)13(16)17/h4-5,7,9,12,14H,2-3,6,8H2,1H3,(H,16,17). The van der Waals surface area contributed by atoms with E-state index >= 15 is 0 Å². The first-order valence-corrected chi connectivity index (χ1v) is 6.20. The molecule has 2 N–H and O–H groups in total. The fourth-order valence-corrected chi connectivity index (χ4v) is 2.05. The van der Waals surface area contributed by atoms with Crippen LogP contribution in [0.2, 0.25) is 0 Å². The average Bonchev–Trinajstić information content (AvgIpc) is 2.90. The molecule has 1 fully saturated rings. The third-order valence-corrected chi connectivity index (χ3v) is 3.20. The lowest BCUT2D eigenvalue weighted by atomic mass is 10.1. The number of aromatic carboxylic acids is 1. The smallest absolute Gasteiger partial charge is 0.337 e. The average molecular weight is 250 g/mol. The Hall–Kier alpha value is -1.46. The van der Waals surface area contributed by atoms with Crippen molar-refractivity contribution in [3.63, 3.8) is 0 Å². The monoisotopic (exact) mass is 250 g/mol. The maximum absolute atomic E-state index is 10.7. The van der Waals surface area contributed by atoms with E-state index < -0.39 is 5.97 Å². The van der Waals surface area contributed by atoms with E-state index in [0.717, 1.165) is 25.1 Å². The van der Waals surface area contributed by atoms with Crippen LogP contribution in [0.5, 0.6) is 0 Å². The van der Waals surface area contributed by atoms with Crippen LogP contribution in [-0.2, 0) is 11.3 Å². The topological polar surface area (TPSA) is 71.5 Å². The first-order chi connectivity index (χ1) is 8.66. The lowest BCUT2D eigenvalue weighted by molar-refractivity contribution is 0.0696. The number of rotatable bonds is 5. The van der Waals surface area contributed by atoms with E-state index in [2.05, 4.69) is 17.2 Å². The van der Waals surface area contributed by atoms with Crippen LogP contribution in [0.1, 0.15) is 35.8 Å². The first kappa shape index (κ1) is 13.0. The molecule has 0 spiro atoms. The van der Waals surface area contributed by atoms with Crippen molar-refractivity contribution in [1.29, 1.82) is 0 Å². The highest BCUT2D eigenvalue weighted by atomic mass is 16.5. The highest BCUT2D eigenvalue weighted by Gasteiger charge is 2.21. The molecule has 98 valence electrons. The van der Waals surface area contributed by atoms with Gasteiger partial charge in [-0.15, -0.1) is 0 Å². The van der Waals surface area contributed by atoms with Gasteiger partial charge in [0, 0.05) is 25.4 Å². The van der Waals surface area contributed by atoms with Crippen LogP contribution in [0.4, 0.5) is 0 Å². The van der Waals surface area contributed by atoms with Crippen LogP contribution in [-0.4, -0.2) is 34.8 Å². The molecule has 2 rings (SSSR count). The number of ether oxygens (including phenoxy) is 1. The third-order valence-electron chi connectivity index (χ3n) is 3.20. The fraction of sp³-hybridized carbons (Fsp3) is 0.538. The van der Waals surface area contributed by atoms with Gasteiger partial charge in [0.1, 0.15) is 0 Å².